The number of carbonyl (C=O) groups is 1. The molecule has 1 saturated carbocycles. The van der Waals surface area contributed by atoms with Crippen LogP contribution in [0.15, 0.2) is 0 Å². The van der Waals surface area contributed by atoms with Crippen molar-refractivity contribution >= 4 is 6.09 Å². The highest BCUT2D eigenvalue weighted by molar-refractivity contribution is 5.68. The predicted molar refractivity (Wildman–Crippen MR) is 87.0 cm³/mol. The van der Waals surface area contributed by atoms with Crippen molar-refractivity contribution in [2.45, 2.75) is 83.1 Å². The summed E-state index contributed by atoms with van der Waals surface area (Å²) in [5.74, 6) is 0. The number of nitrogens with one attached hydrogen (secondary N) is 1. The van der Waals surface area contributed by atoms with Gasteiger partial charge in [0.2, 0.25) is 0 Å². The van der Waals surface area contributed by atoms with Gasteiger partial charge in [0.05, 0.1) is 12.6 Å². The molecular weight excluding hydrogens is 280 g/mol. The number of amides is 1. The zero-order chi connectivity index (χ0) is 16.2. The molecule has 1 heterocycles. The van der Waals surface area contributed by atoms with Crippen LogP contribution >= 0.6 is 0 Å². The van der Waals surface area contributed by atoms with Crippen molar-refractivity contribution in [2.75, 3.05) is 20.2 Å². The first-order valence-corrected chi connectivity index (χ1v) is 8.66. The summed E-state index contributed by atoms with van der Waals surface area (Å²) in [7, 11) is 1.73. The third-order valence-corrected chi connectivity index (χ3v) is 4.57. The highest BCUT2D eigenvalue weighted by atomic mass is 16.6. The molecule has 0 spiro atoms. The van der Waals surface area contributed by atoms with Crippen molar-refractivity contribution in [1.82, 2.24) is 10.2 Å². The number of rotatable bonds is 3. The molecule has 0 aromatic carbocycles. The first-order chi connectivity index (χ1) is 10.4. The molecule has 1 saturated heterocycles. The van der Waals surface area contributed by atoms with Crippen LogP contribution in [0.2, 0.25) is 0 Å². The number of nitrogens with zero attached hydrogens (tertiary/aromatic N) is 1. The van der Waals surface area contributed by atoms with Crippen molar-refractivity contribution in [1.29, 1.82) is 0 Å². The molecule has 1 aliphatic carbocycles. The van der Waals surface area contributed by atoms with E-state index >= 15 is 0 Å². The molecule has 1 amide bonds. The van der Waals surface area contributed by atoms with Crippen LogP contribution in [0, 0.1) is 0 Å². The van der Waals surface area contributed by atoms with Crippen LogP contribution in [0.4, 0.5) is 4.79 Å². The monoisotopic (exact) mass is 312 g/mol. The molecule has 5 heteroatoms. The van der Waals surface area contributed by atoms with Gasteiger partial charge in [-0.3, -0.25) is 0 Å². The first kappa shape index (κ1) is 17.5. The van der Waals surface area contributed by atoms with Crippen molar-refractivity contribution < 1.29 is 14.3 Å². The summed E-state index contributed by atoms with van der Waals surface area (Å²) < 4.78 is 11.1. The van der Waals surface area contributed by atoms with Crippen LogP contribution in [-0.4, -0.2) is 55.0 Å². The Morgan fingerprint density at radius 2 is 1.82 bits per heavy atom. The molecule has 0 aromatic rings. The van der Waals surface area contributed by atoms with E-state index in [1.165, 1.54) is 32.1 Å². The second-order valence-corrected chi connectivity index (χ2v) is 7.60. The molecule has 2 fully saturated rings. The quantitative estimate of drug-likeness (QED) is 0.870. The Morgan fingerprint density at radius 3 is 2.41 bits per heavy atom. The van der Waals surface area contributed by atoms with Crippen LogP contribution < -0.4 is 5.32 Å². The van der Waals surface area contributed by atoms with Gasteiger partial charge in [-0.2, -0.15) is 0 Å². The van der Waals surface area contributed by atoms with E-state index < -0.39 is 5.60 Å². The summed E-state index contributed by atoms with van der Waals surface area (Å²) >= 11 is 0. The number of piperidine rings is 1. The number of hydrogen-bond donors (Lipinski definition) is 1. The lowest BCUT2D eigenvalue weighted by atomic mass is 9.93. The van der Waals surface area contributed by atoms with Crippen molar-refractivity contribution in [3.05, 3.63) is 0 Å². The summed E-state index contributed by atoms with van der Waals surface area (Å²) in [6.45, 7) is 7.04. The Morgan fingerprint density at radius 1 is 1.14 bits per heavy atom. The molecular formula is C17H32N2O3. The summed E-state index contributed by atoms with van der Waals surface area (Å²) in [6, 6.07) is 0.955. The summed E-state index contributed by atoms with van der Waals surface area (Å²) in [6.07, 6.45) is 7.29. The van der Waals surface area contributed by atoms with E-state index in [2.05, 4.69) is 5.32 Å². The third kappa shape index (κ3) is 5.13. The fourth-order valence-electron chi connectivity index (χ4n) is 3.41. The van der Waals surface area contributed by atoms with Gasteiger partial charge in [0.1, 0.15) is 5.60 Å². The van der Waals surface area contributed by atoms with Crippen LogP contribution in [-0.2, 0) is 9.47 Å². The second-order valence-electron chi connectivity index (χ2n) is 7.60. The van der Waals surface area contributed by atoms with Gasteiger partial charge < -0.3 is 19.7 Å². The summed E-state index contributed by atoms with van der Waals surface area (Å²) in [5, 5.41) is 3.76. The molecule has 0 bridgehead atoms. The molecule has 0 unspecified atom stereocenters. The maximum Gasteiger partial charge on any atom is 0.410 e. The molecule has 128 valence electrons. The number of hydrogen-bond acceptors (Lipinski definition) is 4. The van der Waals surface area contributed by atoms with E-state index in [0.717, 1.165) is 13.0 Å². The van der Waals surface area contributed by atoms with Gasteiger partial charge >= 0.3 is 6.09 Å². The van der Waals surface area contributed by atoms with Crippen molar-refractivity contribution in [2.24, 2.45) is 0 Å². The number of likely N-dealkylation sites (tertiary alicyclic amines) is 1. The minimum absolute atomic E-state index is 0.0446. The number of ether oxygens (including phenoxy) is 2. The molecule has 5 nitrogen and oxygen atoms in total. The maximum atomic E-state index is 12.2. The van der Waals surface area contributed by atoms with Crippen LogP contribution in [0.1, 0.15) is 59.3 Å². The van der Waals surface area contributed by atoms with Gasteiger partial charge in [-0.05, 0) is 40.0 Å². The average molecular weight is 312 g/mol. The lowest BCUT2D eigenvalue weighted by Crippen LogP contribution is -2.57. The Hall–Kier alpha value is -0.810. The number of carbonyl (C=O) groups excluding carboxylic acids is 1. The van der Waals surface area contributed by atoms with E-state index in [0.29, 0.717) is 18.6 Å². The Labute approximate surface area is 134 Å². The Balaban J connectivity index is 1.86. The highest BCUT2D eigenvalue weighted by Gasteiger charge is 2.34. The van der Waals surface area contributed by atoms with Gasteiger partial charge in [-0.25, -0.2) is 4.79 Å². The SMILES string of the molecule is CO[C@H]1CN(C(=O)OC(C)(C)C)CC[C@H]1NC1CCCCC1. The summed E-state index contributed by atoms with van der Waals surface area (Å²) in [4.78, 5) is 14.0. The van der Waals surface area contributed by atoms with Gasteiger partial charge in [-0.15, -0.1) is 0 Å². The topological polar surface area (TPSA) is 50.8 Å². The van der Waals surface area contributed by atoms with Crippen LogP contribution in [0.5, 0.6) is 0 Å². The third-order valence-electron chi connectivity index (χ3n) is 4.57. The zero-order valence-corrected chi connectivity index (χ0v) is 14.6. The fourth-order valence-corrected chi connectivity index (χ4v) is 3.41. The minimum Gasteiger partial charge on any atom is -0.444 e. The van der Waals surface area contributed by atoms with Gasteiger partial charge in [0, 0.05) is 25.7 Å². The van der Waals surface area contributed by atoms with E-state index in [4.69, 9.17) is 9.47 Å². The molecule has 2 rings (SSSR count). The van der Waals surface area contributed by atoms with Gasteiger partial charge in [0.15, 0.2) is 0 Å². The molecule has 0 radical (unpaired) electrons. The lowest BCUT2D eigenvalue weighted by molar-refractivity contribution is -0.0205. The van der Waals surface area contributed by atoms with Crippen molar-refractivity contribution in [3.63, 3.8) is 0 Å². The summed E-state index contributed by atoms with van der Waals surface area (Å²) in [5.41, 5.74) is -0.448. The molecule has 1 N–H and O–H groups in total. The van der Waals surface area contributed by atoms with E-state index in [1.807, 2.05) is 20.8 Å². The highest BCUT2D eigenvalue weighted by Crippen LogP contribution is 2.22. The smallest absolute Gasteiger partial charge is 0.410 e. The van der Waals surface area contributed by atoms with Crippen molar-refractivity contribution in [3.8, 4) is 0 Å². The van der Waals surface area contributed by atoms with Gasteiger partial charge in [0.25, 0.3) is 0 Å². The number of methoxy groups -OCH3 is 1. The average Bonchev–Trinajstić information content (AvgIpc) is 2.47. The maximum absolute atomic E-state index is 12.2. The van der Waals surface area contributed by atoms with E-state index in [1.54, 1.807) is 12.0 Å². The largest absolute Gasteiger partial charge is 0.444 e. The molecule has 0 aromatic heterocycles. The van der Waals surface area contributed by atoms with Crippen LogP contribution in [0.3, 0.4) is 0 Å². The molecule has 2 aliphatic rings. The van der Waals surface area contributed by atoms with Crippen LogP contribution in [0.25, 0.3) is 0 Å². The second kappa shape index (κ2) is 7.64. The van der Waals surface area contributed by atoms with Gasteiger partial charge in [-0.1, -0.05) is 19.3 Å². The van der Waals surface area contributed by atoms with E-state index in [-0.39, 0.29) is 12.2 Å². The lowest BCUT2D eigenvalue weighted by Gasteiger charge is -2.40. The van der Waals surface area contributed by atoms with E-state index in [9.17, 15) is 4.79 Å². The molecule has 1 aliphatic heterocycles. The minimum atomic E-state index is -0.448. The first-order valence-electron chi connectivity index (χ1n) is 8.66. The predicted octanol–water partition coefficient (Wildman–Crippen LogP) is 2.93. The Kier molecular flexibility index (Phi) is 6.09. The Bertz CT molecular complexity index is 361. The molecule has 2 atom stereocenters. The molecule has 22 heavy (non-hydrogen) atoms. The standard InChI is InChI=1S/C17H32N2O3/c1-17(2,3)22-16(20)19-11-10-14(15(12-19)21-4)18-13-8-6-5-7-9-13/h13-15,18H,5-12H2,1-4H3/t14-,15+/m1/s1. The normalized spacial score (nSPS) is 27.7. The fraction of sp³-hybridized carbons (Fsp3) is 0.941. The zero-order valence-electron chi connectivity index (χ0n) is 14.6.